The zero-order valence-electron chi connectivity index (χ0n) is 20.5. The van der Waals surface area contributed by atoms with Gasteiger partial charge in [0.1, 0.15) is 0 Å². The number of ether oxygens (including phenoxy) is 1. The van der Waals surface area contributed by atoms with E-state index in [0.29, 0.717) is 22.4 Å². The van der Waals surface area contributed by atoms with E-state index in [4.69, 9.17) is 4.74 Å². The van der Waals surface area contributed by atoms with E-state index in [1.165, 1.54) is 24.8 Å². The van der Waals surface area contributed by atoms with Crippen LogP contribution in [0.15, 0.2) is 84.0 Å². The zero-order valence-corrected chi connectivity index (χ0v) is 21.3. The maximum Gasteiger partial charge on any atom is 0.237 e. The van der Waals surface area contributed by atoms with Crippen molar-refractivity contribution < 1.29 is 18.7 Å². The largest absolute Gasteiger partial charge is 0.480 e. The lowest BCUT2D eigenvalue weighted by molar-refractivity contribution is -0.115. The molecule has 2 amide bonds. The average molecular weight is 520 g/mol. The molecule has 1 aromatic heterocycles. The summed E-state index contributed by atoms with van der Waals surface area (Å²) in [5.41, 5.74) is 1.92. The number of halogens is 1. The van der Waals surface area contributed by atoms with E-state index in [2.05, 4.69) is 20.8 Å². The van der Waals surface area contributed by atoms with Crippen LogP contribution in [0.3, 0.4) is 0 Å². The number of carbonyl (C=O) groups excluding carboxylic acids is 2. The summed E-state index contributed by atoms with van der Waals surface area (Å²) in [6, 6.07) is 22.5. The first kappa shape index (κ1) is 25.9. The van der Waals surface area contributed by atoms with E-state index in [-0.39, 0.29) is 17.6 Å². The SMILES string of the molecule is CC(=O)Nc1cccc(NC(=O)C(C)Sc2nnc(C(C)Oc3ccccc3F)n2-c2ccccc2)c1. The summed E-state index contributed by atoms with van der Waals surface area (Å²) in [5, 5.41) is 14.2. The maximum atomic E-state index is 14.2. The van der Waals surface area contributed by atoms with Crippen molar-refractivity contribution >= 4 is 35.0 Å². The van der Waals surface area contributed by atoms with Crippen molar-refractivity contribution in [1.82, 2.24) is 14.8 Å². The number of carbonyl (C=O) groups is 2. The van der Waals surface area contributed by atoms with Gasteiger partial charge in [0, 0.05) is 24.0 Å². The van der Waals surface area contributed by atoms with Crippen molar-refractivity contribution in [3.63, 3.8) is 0 Å². The predicted molar refractivity (Wildman–Crippen MR) is 141 cm³/mol. The maximum absolute atomic E-state index is 14.2. The molecule has 2 N–H and O–H groups in total. The average Bonchev–Trinajstić information content (AvgIpc) is 3.29. The number of nitrogens with one attached hydrogen (secondary N) is 2. The second kappa shape index (κ2) is 11.7. The fraction of sp³-hybridized carbons (Fsp3) is 0.185. The minimum atomic E-state index is -0.625. The molecule has 0 aliphatic rings. The quantitative estimate of drug-likeness (QED) is 0.278. The van der Waals surface area contributed by atoms with Gasteiger partial charge in [-0.1, -0.05) is 48.2 Å². The van der Waals surface area contributed by atoms with Gasteiger partial charge in [-0.15, -0.1) is 10.2 Å². The Balaban J connectivity index is 1.55. The van der Waals surface area contributed by atoms with E-state index in [1.807, 2.05) is 30.3 Å². The molecule has 4 rings (SSSR count). The van der Waals surface area contributed by atoms with Gasteiger partial charge in [-0.05, 0) is 56.3 Å². The molecule has 0 bridgehead atoms. The smallest absolute Gasteiger partial charge is 0.237 e. The molecule has 1 heterocycles. The highest BCUT2D eigenvalue weighted by Gasteiger charge is 2.25. The molecule has 0 saturated heterocycles. The molecule has 0 radical (unpaired) electrons. The van der Waals surface area contributed by atoms with Crippen LogP contribution in [0.2, 0.25) is 0 Å². The summed E-state index contributed by atoms with van der Waals surface area (Å²) in [6.45, 7) is 4.95. The molecular formula is C27H26FN5O3S. The van der Waals surface area contributed by atoms with Crippen LogP contribution in [-0.2, 0) is 9.59 Å². The lowest BCUT2D eigenvalue weighted by Gasteiger charge is -2.18. The summed E-state index contributed by atoms with van der Waals surface area (Å²) in [6.07, 6.45) is -0.625. The Hall–Kier alpha value is -4.18. The minimum absolute atomic E-state index is 0.112. The first-order chi connectivity index (χ1) is 17.8. The molecule has 0 aliphatic heterocycles. The number of benzene rings is 3. The van der Waals surface area contributed by atoms with E-state index >= 15 is 0 Å². The molecule has 0 aliphatic carbocycles. The van der Waals surface area contributed by atoms with Crippen LogP contribution in [0.25, 0.3) is 5.69 Å². The van der Waals surface area contributed by atoms with Gasteiger partial charge in [0.25, 0.3) is 0 Å². The van der Waals surface area contributed by atoms with Crippen molar-refractivity contribution in [3.8, 4) is 11.4 Å². The van der Waals surface area contributed by atoms with Crippen molar-refractivity contribution in [2.45, 2.75) is 37.3 Å². The number of para-hydroxylation sites is 2. The van der Waals surface area contributed by atoms with Crippen LogP contribution in [0.5, 0.6) is 5.75 Å². The van der Waals surface area contributed by atoms with Gasteiger partial charge in [0.15, 0.2) is 28.7 Å². The van der Waals surface area contributed by atoms with Gasteiger partial charge in [0.2, 0.25) is 11.8 Å². The van der Waals surface area contributed by atoms with Crippen molar-refractivity contribution in [3.05, 3.63) is 90.5 Å². The predicted octanol–water partition coefficient (Wildman–Crippen LogP) is 5.62. The van der Waals surface area contributed by atoms with Crippen LogP contribution < -0.4 is 15.4 Å². The molecule has 0 fully saturated rings. The molecule has 8 nitrogen and oxygen atoms in total. The number of aromatic nitrogens is 3. The van der Waals surface area contributed by atoms with Gasteiger partial charge in [-0.25, -0.2) is 4.39 Å². The van der Waals surface area contributed by atoms with Crippen molar-refractivity contribution in [1.29, 1.82) is 0 Å². The Labute approximate surface area is 218 Å². The topological polar surface area (TPSA) is 98.1 Å². The fourth-order valence-electron chi connectivity index (χ4n) is 3.56. The summed E-state index contributed by atoms with van der Waals surface area (Å²) >= 11 is 1.23. The van der Waals surface area contributed by atoms with Gasteiger partial charge in [-0.2, -0.15) is 0 Å². The third-order valence-corrected chi connectivity index (χ3v) is 6.32. The molecule has 190 valence electrons. The lowest BCUT2D eigenvalue weighted by atomic mass is 10.2. The standard InChI is InChI=1S/C27H26FN5O3S/c1-17(36-24-15-8-7-14-23(24)28)25-31-32-27(33(25)22-12-5-4-6-13-22)37-18(2)26(35)30-21-11-9-10-20(16-21)29-19(3)34/h4-18H,1-3H3,(H,29,34)(H,30,35). The number of amides is 2. The Morgan fingerprint density at radius 1 is 0.919 bits per heavy atom. The van der Waals surface area contributed by atoms with Gasteiger partial charge < -0.3 is 15.4 Å². The van der Waals surface area contributed by atoms with Crippen LogP contribution in [0.1, 0.15) is 32.7 Å². The molecular weight excluding hydrogens is 493 g/mol. The lowest BCUT2D eigenvalue weighted by Crippen LogP contribution is -2.23. The number of rotatable bonds is 9. The Kier molecular flexibility index (Phi) is 8.19. The van der Waals surface area contributed by atoms with Gasteiger partial charge >= 0.3 is 0 Å². The normalized spacial score (nSPS) is 12.4. The molecule has 0 saturated carbocycles. The van der Waals surface area contributed by atoms with E-state index in [0.717, 1.165) is 5.69 Å². The second-order valence-corrected chi connectivity index (χ2v) is 9.52. The third kappa shape index (κ3) is 6.53. The number of nitrogens with zero attached hydrogens (tertiary/aromatic N) is 3. The van der Waals surface area contributed by atoms with E-state index in [1.54, 1.807) is 60.9 Å². The zero-order chi connectivity index (χ0) is 26.4. The van der Waals surface area contributed by atoms with Gasteiger partial charge in [0.05, 0.1) is 5.25 Å². The number of hydrogen-bond acceptors (Lipinski definition) is 6. The fourth-order valence-corrected chi connectivity index (χ4v) is 4.43. The number of hydrogen-bond donors (Lipinski definition) is 2. The molecule has 10 heteroatoms. The Morgan fingerprint density at radius 2 is 1.59 bits per heavy atom. The van der Waals surface area contributed by atoms with E-state index in [9.17, 15) is 14.0 Å². The van der Waals surface area contributed by atoms with Crippen LogP contribution >= 0.6 is 11.8 Å². The van der Waals surface area contributed by atoms with Crippen LogP contribution in [0.4, 0.5) is 15.8 Å². The summed E-state index contributed by atoms with van der Waals surface area (Å²) in [5.74, 6) is -0.335. The molecule has 0 spiro atoms. The number of anilines is 2. The highest BCUT2D eigenvalue weighted by molar-refractivity contribution is 8.00. The highest BCUT2D eigenvalue weighted by Crippen LogP contribution is 2.31. The van der Waals surface area contributed by atoms with Crippen LogP contribution in [-0.4, -0.2) is 31.8 Å². The molecule has 37 heavy (non-hydrogen) atoms. The minimum Gasteiger partial charge on any atom is -0.480 e. The number of thioether (sulfide) groups is 1. The van der Waals surface area contributed by atoms with E-state index < -0.39 is 17.2 Å². The van der Waals surface area contributed by atoms with Crippen molar-refractivity contribution in [2.75, 3.05) is 10.6 Å². The third-order valence-electron chi connectivity index (χ3n) is 5.28. The van der Waals surface area contributed by atoms with Gasteiger partial charge in [-0.3, -0.25) is 14.2 Å². The monoisotopic (exact) mass is 519 g/mol. The Morgan fingerprint density at radius 3 is 2.30 bits per heavy atom. The molecule has 2 unspecified atom stereocenters. The highest BCUT2D eigenvalue weighted by atomic mass is 32.2. The molecule has 3 aromatic carbocycles. The van der Waals surface area contributed by atoms with Crippen molar-refractivity contribution in [2.24, 2.45) is 0 Å². The summed E-state index contributed by atoms with van der Waals surface area (Å²) < 4.78 is 21.8. The molecule has 2 atom stereocenters. The molecule has 4 aromatic rings. The summed E-state index contributed by atoms with van der Waals surface area (Å²) in [7, 11) is 0. The van der Waals surface area contributed by atoms with Crippen LogP contribution in [0, 0.1) is 5.82 Å². The Bertz CT molecular complexity index is 1400. The first-order valence-corrected chi connectivity index (χ1v) is 12.5. The second-order valence-electron chi connectivity index (χ2n) is 8.21. The first-order valence-electron chi connectivity index (χ1n) is 11.6. The summed E-state index contributed by atoms with van der Waals surface area (Å²) in [4.78, 5) is 24.3.